The van der Waals surface area contributed by atoms with Crippen LogP contribution in [-0.2, 0) is 0 Å². The van der Waals surface area contributed by atoms with E-state index >= 15 is 0 Å². The van der Waals surface area contributed by atoms with Crippen LogP contribution in [0.3, 0.4) is 0 Å². The summed E-state index contributed by atoms with van der Waals surface area (Å²) < 4.78 is 60.1. The summed E-state index contributed by atoms with van der Waals surface area (Å²) in [6.07, 6.45) is 18.8. The highest BCUT2D eigenvalue weighted by Gasteiger charge is 2.54. The number of pyridine rings is 3. The molecule has 5 atom stereocenters. The highest BCUT2D eigenvalue weighted by Crippen LogP contribution is 2.57. The number of rotatable bonds is 7. The fourth-order valence-electron chi connectivity index (χ4n) is 20.7. The zero-order chi connectivity index (χ0) is 88.7. The minimum Gasteiger partial charge on any atom is -0.435 e. The van der Waals surface area contributed by atoms with Crippen molar-refractivity contribution < 1.29 is 20.1 Å². The van der Waals surface area contributed by atoms with Crippen molar-refractivity contribution in [3.8, 4) is 0 Å². The molecule has 0 amide bonds. The van der Waals surface area contributed by atoms with E-state index in [2.05, 4.69) is 246 Å². The highest BCUT2D eigenvalue weighted by atomic mass is 16.3. The number of fused-ring (bicyclic) bond motifs is 12. The molecule has 20 heteroatoms. The first kappa shape index (κ1) is 75.1. The number of aromatic nitrogens is 9. The Labute approximate surface area is 709 Å². The monoisotopic (exact) mass is 1600 g/mol. The maximum absolute atomic E-state index is 8.67. The Bertz CT molecular complexity index is 5930. The van der Waals surface area contributed by atoms with Gasteiger partial charge >= 0.3 is 0 Å². The lowest BCUT2D eigenvalue weighted by atomic mass is 9.68. The molecule has 0 radical (unpaired) electrons. The first-order chi connectivity index (χ1) is 58.5. The Morgan fingerprint density at radius 1 is 0.378 bits per heavy atom. The minimum atomic E-state index is -2.35. The van der Waals surface area contributed by atoms with Gasteiger partial charge in [0.2, 0.25) is 17.1 Å². The predicted molar refractivity (Wildman–Crippen MR) is 490 cm³/mol. The molecule has 14 heterocycles. The van der Waals surface area contributed by atoms with Gasteiger partial charge in [-0.3, -0.25) is 14.7 Å². The van der Waals surface area contributed by atoms with Crippen molar-refractivity contribution in [3.63, 3.8) is 0 Å². The summed E-state index contributed by atoms with van der Waals surface area (Å²) in [5.41, 5.74) is 19.6. The average Bonchev–Trinajstić information content (AvgIpc) is 1.58. The number of hydrogen-bond donors (Lipinski definition) is 0. The van der Waals surface area contributed by atoms with Crippen molar-refractivity contribution in [1.82, 2.24) is 44.9 Å². The van der Waals surface area contributed by atoms with Crippen molar-refractivity contribution >= 4 is 130 Å². The van der Waals surface area contributed by atoms with Gasteiger partial charge in [-0.1, -0.05) is 106 Å². The highest BCUT2D eigenvalue weighted by molar-refractivity contribution is 6.12. The van der Waals surface area contributed by atoms with Gasteiger partial charge < -0.3 is 37.8 Å². The molecule has 0 N–H and O–H groups in total. The molecule has 3 fully saturated rings. The third kappa shape index (κ3) is 14.1. The van der Waals surface area contributed by atoms with Crippen molar-refractivity contribution in [2.45, 2.75) is 258 Å². The quantitative estimate of drug-likeness (QED) is 0.147. The fourth-order valence-corrected chi connectivity index (χ4v) is 20.7. The van der Waals surface area contributed by atoms with Gasteiger partial charge in [0.15, 0.2) is 51.7 Å². The molecule has 9 aromatic heterocycles. The number of hydrogen-bond acceptors (Lipinski definition) is 20. The molecule has 14 aromatic rings. The number of nitrogens with zero attached hydrogens (tertiary/aromatic N) is 17. The topological polar surface area (TPSA) is 181 Å². The normalized spacial score (nSPS) is 20.8. The number of furan rings is 3. The van der Waals surface area contributed by atoms with Crippen LogP contribution >= 0.6 is 0 Å². The molecule has 1 aliphatic carbocycles. The Kier molecular flexibility index (Phi) is 19.6. The second-order valence-electron chi connectivity index (χ2n) is 36.2. The van der Waals surface area contributed by atoms with Crippen molar-refractivity contribution in [2.24, 2.45) is 10.8 Å². The van der Waals surface area contributed by atoms with E-state index in [1.807, 2.05) is 113 Å². The molecule has 119 heavy (non-hydrogen) atoms. The Morgan fingerprint density at radius 3 is 1.08 bits per heavy atom. The lowest BCUT2D eigenvalue weighted by Crippen LogP contribution is -2.44. The number of aryl methyl sites for hydroxylation is 8. The molecule has 618 valence electrons. The van der Waals surface area contributed by atoms with E-state index in [9.17, 15) is 0 Å². The van der Waals surface area contributed by atoms with Gasteiger partial charge in [-0.05, 0) is 258 Å². The van der Waals surface area contributed by atoms with E-state index in [-0.39, 0.29) is 23.4 Å². The lowest BCUT2D eigenvalue weighted by Gasteiger charge is -2.41. The Hall–Kier alpha value is -11.4. The van der Waals surface area contributed by atoms with Crippen LogP contribution in [0, 0.1) is 66.2 Å². The molecule has 1 spiro atoms. The molecule has 2 saturated heterocycles. The fraction of sp³-hybridized carbons (Fsp3) is 0.424. The summed E-state index contributed by atoms with van der Waals surface area (Å²) in [4.78, 5) is 57.6. The number of para-hydroxylation sites is 2. The van der Waals surface area contributed by atoms with Gasteiger partial charge in [0, 0.05) is 144 Å². The second kappa shape index (κ2) is 31.1. The van der Waals surface area contributed by atoms with E-state index < -0.39 is 25.2 Å². The first-order valence-electron chi connectivity index (χ1n) is 44.8. The molecule has 6 aliphatic rings. The van der Waals surface area contributed by atoms with Gasteiger partial charge in [0.05, 0.1) is 19.8 Å². The Morgan fingerprint density at radius 2 is 0.714 bits per heavy atom. The molecule has 20 rings (SSSR count). The second-order valence-corrected chi connectivity index (χ2v) is 36.2. The van der Waals surface area contributed by atoms with Crippen molar-refractivity contribution in [2.75, 3.05) is 46.2 Å². The van der Waals surface area contributed by atoms with Crippen LogP contribution in [0.25, 0.3) is 66.2 Å². The molecule has 1 saturated carbocycles. The van der Waals surface area contributed by atoms with Gasteiger partial charge in [0.25, 0.3) is 0 Å². The molecule has 5 unspecified atom stereocenters. The largest absolute Gasteiger partial charge is 0.435 e. The molecular weight excluding hydrogens is 1480 g/mol. The van der Waals surface area contributed by atoms with Crippen molar-refractivity contribution in [1.29, 1.82) is 0 Å². The van der Waals surface area contributed by atoms with Gasteiger partial charge in [-0.15, -0.1) is 0 Å². The van der Waals surface area contributed by atoms with E-state index in [0.717, 1.165) is 106 Å². The predicted octanol–water partition coefficient (Wildman–Crippen LogP) is 24.2. The van der Waals surface area contributed by atoms with Crippen LogP contribution in [0.5, 0.6) is 0 Å². The third-order valence-electron chi connectivity index (χ3n) is 26.1. The third-order valence-corrected chi connectivity index (χ3v) is 26.1. The molecule has 20 nitrogen and oxygen atoms in total. The number of anilines is 11. The van der Waals surface area contributed by atoms with Crippen LogP contribution < -0.4 is 39.2 Å². The number of benzene rings is 5. The van der Waals surface area contributed by atoms with Crippen LogP contribution in [0.4, 0.5) is 63.3 Å². The van der Waals surface area contributed by atoms with Gasteiger partial charge in [-0.2, -0.15) is 0 Å². The van der Waals surface area contributed by atoms with Crippen molar-refractivity contribution in [3.05, 3.63) is 203 Å². The van der Waals surface area contributed by atoms with Gasteiger partial charge in [-0.25, -0.2) is 44.9 Å². The summed E-state index contributed by atoms with van der Waals surface area (Å²) in [6, 6.07) is 41.7. The molecule has 5 aromatic carbocycles. The maximum atomic E-state index is 8.67. The summed E-state index contributed by atoms with van der Waals surface area (Å²) in [6.45, 7) is 46.7. The molecular formula is C99H119N17O3. The summed E-state index contributed by atoms with van der Waals surface area (Å²) in [7, 11) is 0. The molecule has 0 bridgehead atoms. The van der Waals surface area contributed by atoms with E-state index in [1.54, 1.807) is 31.0 Å². The summed E-state index contributed by atoms with van der Waals surface area (Å²) in [5.74, 6) is 3.72. The average molecular weight is 1600 g/mol. The SMILES string of the molecule is Cc1ccccc1N1C(C)C(C)(C)CC1(C)C.Cc1ccccc1N1C(C)C2(CCCCC2)CC1(C)C.[2H]C(C)(C)N1c2nccnc2N(c2c(C)ccc3c2oc2nc(C)ccc23)C1C.[2H]C(C)(C)N1c2nccnc2N(c2c(C)ccc3c2oc2nc(C)ccc23)C1C.[2H]C([2H])([2H])N1c2nccnc2N(c2c(C)ccc3c2oc2nc(C)ccc23)C1C. The van der Waals surface area contributed by atoms with Crippen LogP contribution in [0.15, 0.2) is 172 Å². The standard InChI is InChI=1S/2C22H23N5O.C20H19N5O.C19H29N.C16H25N/c2*1-12(2)26-15(5)27(21-20(26)23-10-11-24-21)18-13(3)6-8-16-17-9-7-14(4)25-22(17)28-19(16)18;1-11-5-7-14-15-8-6-12(2)23-20(15)26-17(14)16(11)25-13(3)24(4)18-19(25)22-10-9-21-18;1-15-10-6-7-11-17(15)20-16(2)19(14-18(20,3)4)12-8-5-9-13-19;1-12-9-7-8-10-14(12)17-13(2)15(3,4)11-16(17,5)6/h2*6-12,15H,1-5H3;5-10,13H,1-4H3;6-7,10-11,16H,5,8-9,12-14H2,1-4H3;7-10,13H,11H2,1-6H3/i2*12D;4D3;;. The van der Waals surface area contributed by atoms with Gasteiger partial charge in [0.1, 0.15) is 18.5 Å². The van der Waals surface area contributed by atoms with E-state index in [0.29, 0.717) is 68.9 Å². The Balaban J connectivity index is 0.000000116. The summed E-state index contributed by atoms with van der Waals surface area (Å²) in [5, 5.41) is 5.89. The zero-order valence-corrected chi connectivity index (χ0v) is 73.7. The lowest BCUT2D eigenvalue weighted by molar-refractivity contribution is 0.170. The van der Waals surface area contributed by atoms with Crippen LogP contribution in [0.1, 0.15) is 201 Å². The van der Waals surface area contributed by atoms with E-state index in [1.165, 1.54) is 78.5 Å². The van der Waals surface area contributed by atoms with Crippen LogP contribution in [0.2, 0.25) is 0 Å². The molecule has 5 aliphatic heterocycles. The minimum absolute atomic E-state index is 0.146. The zero-order valence-electron chi connectivity index (χ0n) is 78.7. The maximum Gasteiger partial charge on any atom is 0.227 e. The van der Waals surface area contributed by atoms with Crippen LogP contribution in [-0.4, -0.2) is 106 Å². The van der Waals surface area contributed by atoms with E-state index in [4.69, 9.17) is 20.1 Å². The smallest absolute Gasteiger partial charge is 0.227 e. The first-order valence-corrected chi connectivity index (χ1v) is 42.3. The summed E-state index contributed by atoms with van der Waals surface area (Å²) >= 11 is 0.